The smallest absolute Gasteiger partial charge is 0.251 e. The van der Waals surface area contributed by atoms with Gasteiger partial charge in [0.1, 0.15) is 5.01 Å². The largest absolute Gasteiger partial charge is 0.352 e. The van der Waals surface area contributed by atoms with E-state index in [2.05, 4.69) is 34.7 Å². The summed E-state index contributed by atoms with van der Waals surface area (Å²) in [6.45, 7) is 2.72. The molecule has 0 atom stereocenters. The van der Waals surface area contributed by atoms with Gasteiger partial charge in [-0.15, -0.1) is 11.3 Å². The van der Waals surface area contributed by atoms with Crippen LogP contribution in [0.3, 0.4) is 0 Å². The van der Waals surface area contributed by atoms with E-state index in [1.807, 2.05) is 42.5 Å². The number of carbonyl (C=O) groups is 1. The highest BCUT2D eigenvalue weighted by atomic mass is 32.1. The second-order valence-electron chi connectivity index (χ2n) is 5.92. The van der Waals surface area contributed by atoms with E-state index >= 15 is 0 Å². The summed E-state index contributed by atoms with van der Waals surface area (Å²) in [5, 5.41) is 6.11. The first kappa shape index (κ1) is 17.4. The van der Waals surface area contributed by atoms with E-state index in [1.165, 1.54) is 0 Å². The van der Waals surface area contributed by atoms with Gasteiger partial charge in [-0.1, -0.05) is 61.9 Å². The molecule has 0 aliphatic heterocycles. The number of aromatic nitrogens is 1. The monoisotopic (exact) mass is 350 g/mol. The van der Waals surface area contributed by atoms with E-state index in [-0.39, 0.29) is 5.91 Å². The van der Waals surface area contributed by atoms with Crippen LogP contribution in [0.4, 0.5) is 0 Å². The first-order valence-electron chi connectivity index (χ1n) is 8.64. The molecule has 1 N–H and O–H groups in total. The van der Waals surface area contributed by atoms with Crippen molar-refractivity contribution in [1.82, 2.24) is 10.3 Å². The van der Waals surface area contributed by atoms with Crippen LogP contribution in [-0.2, 0) is 12.8 Å². The topological polar surface area (TPSA) is 42.0 Å². The minimum atomic E-state index is 0.00237. The lowest BCUT2D eigenvalue weighted by atomic mass is 10.0. The van der Waals surface area contributed by atoms with Gasteiger partial charge in [-0.3, -0.25) is 4.79 Å². The van der Waals surface area contributed by atoms with E-state index in [4.69, 9.17) is 0 Å². The van der Waals surface area contributed by atoms with Crippen LogP contribution >= 0.6 is 11.3 Å². The van der Waals surface area contributed by atoms with Crippen LogP contribution in [0, 0.1) is 0 Å². The lowest BCUT2D eigenvalue weighted by Crippen LogP contribution is -2.26. The fraction of sp³-hybridized carbons (Fsp3) is 0.238. The van der Waals surface area contributed by atoms with Gasteiger partial charge in [0, 0.05) is 29.5 Å². The molecule has 0 fully saturated rings. The SMILES string of the molecule is CCCc1ccccc1C(=O)NCCc1csc(-c2ccccc2)n1. The number of carbonyl (C=O) groups excluding carboxylic acids is 1. The first-order chi connectivity index (χ1) is 12.3. The maximum Gasteiger partial charge on any atom is 0.251 e. The summed E-state index contributed by atoms with van der Waals surface area (Å²) < 4.78 is 0. The zero-order chi connectivity index (χ0) is 17.5. The summed E-state index contributed by atoms with van der Waals surface area (Å²) in [6.07, 6.45) is 2.70. The molecule has 1 aromatic heterocycles. The Hall–Kier alpha value is -2.46. The molecule has 0 unspecified atom stereocenters. The summed E-state index contributed by atoms with van der Waals surface area (Å²) in [5.41, 5.74) is 4.05. The van der Waals surface area contributed by atoms with Crippen molar-refractivity contribution in [3.05, 3.63) is 76.8 Å². The zero-order valence-electron chi connectivity index (χ0n) is 14.4. The highest BCUT2D eigenvalue weighted by Crippen LogP contribution is 2.23. The summed E-state index contributed by atoms with van der Waals surface area (Å²) in [7, 11) is 0. The molecule has 0 saturated carbocycles. The molecule has 4 heteroatoms. The number of nitrogens with zero attached hydrogens (tertiary/aromatic N) is 1. The number of rotatable bonds is 7. The van der Waals surface area contributed by atoms with Crippen molar-refractivity contribution in [3.8, 4) is 10.6 Å². The van der Waals surface area contributed by atoms with Crippen LogP contribution in [0.5, 0.6) is 0 Å². The van der Waals surface area contributed by atoms with Crippen LogP contribution in [0.1, 0.15) is 35.0 Å². The minimum Gasteiger partial charge on any atom is -0.352 e. The number of benzene rings is 2. The van der Waals surface area contributed by atoms with Crippen molar-refractivity contribution in [2.75, 3.05) is 6.54 Å². The van der Waals surface area contributed by atoms with Crippen molar-refractivity contribution < 1.29 is 4.79 Å². The van der Waals surface area contributed by atoms with Gasteiger partial charge in [0.15, 0.2) is 0 Å². The quantitative estimate of drug-likeness (QED) is 0.669. The summed E-state index contributed by atoms with van der Waals surface area (Å²) in [5.74, 6) is 0.00237. The maximum absolute atomic E-state index is 12.4. The van der Waals surface area contributed by atoms with E-state index in [1.54, 1.807) is 11.3 Å². The van der Waals surface area contributed by atoms with Crippen molar-refractivity contribution in [1.29, 1.82) is 0 Å². The first-order valence-corrected chi connectivity index (χ1v) is 9.52. The van der Waals surface area contributed by atoms with Crippen molar-refractivity contribution in [2.45, 2.75) is 26.2 Å². The second kappa shape index (κ2) is 8.58. The minimum absolute atomic E-state index is 0.00237. The second-order valence-corrected chi connectivity index (χ2v) is 6.78. The van der Waals surface area contributed by atoms with Gasteiger partial charge < -0.3 is 5.32 Å². The third-order valence-electron chi connectivity index (χ3n) is 4.02. The molecule has 3 nitrogen and oxygen atoms in total. The highest BCUT2D eigenvalue weighted by molar-refractivity contribution is 7.13. The molecule has 0 aliphatic rings. The molecular formula is C21H22N2OS. The number of thiazole rings is 1. The Morgan fingerprint density at radius 3 is 2.60 bits per heavy atom. The van der Waals surface area contributed by atoms with Crippen LogP contribution in [0.2, 0.25) is 0 Å². The third-order valence-corrected chi connectivity index (χ3v) is 4.96. The Balaban J connectivity index is 1.57. The summed E-state index contributed by atoms with van der Waals surface area (Å²) in [6, 6.07) is 18.0. The molecule has 0 spiro atoms. The van der Waals surface area contributed by atoms with Crippen molar-refractivity contribution in [3.63, 3.8) is 0 Å². The Morgan fingerprint density at radius 1 is 1.04 bits per heavy atom. The van der Waals surface area contributed by atoms with Gasteiger partial charge in [-0.25, -0.2) is 4.98 Å². The van der Waals surface area contributed by atoms with E-state index < -0.39 is 0 Å². The van der Waals surface area contributed by atoms with E-state index in [9.17, 15) is 4.79 Å². The van der Waals surface area contributed by atoms with E-state index in [0.717, 1.165) is 46.7 Å². The molecule has 128 valence electrons. The molecule has 2 aromatic carbocycles. The van der Waals surface area contributed by atoms with Gasteiger partial charge in [-0.05, 0) is 18.1 Å². The molecule has 0 bridgehead atoms. The molecule has 25 heavy (non-hydrogen) atoms. The fourth-order valence-electron chi connectivity index (χ4n) is 2.76. The van der Waals surface area contributed by atoms with Crippen LogP contribution in [-0.4, -0.2) is 17.4 Å². The number of aryl methyl sites for hydroxylation is 1. The molecule has 0 aliphatic carbocycles. The number of nitrogens with one attached hydrogen (secondary N) is 1. The average molecular weight is 350 g/mol. The Morgan fingerprint density at radius 2 is 1.80 bits per heavy atom. The van der Waals surface area contributed by atoms with Gasteiger partial charge >= 0.3 is 0 Å². The fourth-order valence-corrected chi connectivity index (χ4v) is 3.62. The normalized spacial score (nSPS) is 10.6. The number of amides is 1. The maximum atomic E-state index is 12.4. The van der Waals surface area contributed by atoms with Gasteiger partial charge in [0.25, 0.3) is 5.91 Å². The van der Waals surface area contributed by atoms with Crippen LogP contribution in [0.25, 0.3) is 10.6 Å². The van der Waals surface area contributed by atoms with Gasteiger partial charge in [0.2, 0.25) is 0 Å². The molecule has 0 saturated heterocycles. The molecule has 1 heterocycles. The Kier molecular flexibility index (Phi) is 5.96. The standard InChI is InChI=1S/C21H22N2OS/c1-2-8-16-9-6-7-12-19(16)20(24)22-14-13-18-15-25-21(23-18)17-10-4-3-5-11-17/h3-7,9-12,15H,2,8,13-14H2,1H3,(H,22,24). The predicted octanol–water partition coefficient (Wildman–Crippen LogP) is 4.74. The summed E-state index contributed by atoms with van der Waals surface area (Å²) >= 11 is 1.64. The molecular weight excluding hydrogens is 328 g/mol. The molecule has 3 rings (SSSR count). The number of hydrogen-bond donors (Lipinski definition) is 1. The lowest BCUT2D eigenvalue weighted by Gasteiger charge is -2.09. The molecule has 1 amide bonds. The Bertz CT molecular complexity index is 827. The predicted molar refractivity (Wildman–Crippen MR) is 104 cm³/mol. The van der Waals surface area contributed by atoms with Crippen molar-refractivity contribution >= 4 is 17.2 Å². The van der Waals surface area contributed by atoms with Gasteiger partial charge in [0.05, 0.1) is 5.69 Å². The average Bonchev–Trinajstić information content (AvgIpc) is 3.12. The van der Waals surface area contributed by atoms with Gasteiger partial charge in [-0.2, -0.15) is 0 Å². The molecule has 3 aromatic rings. The highest BCUT2D eigenvalue weighted by Gasteiger charge is 2.10. The summed E-state index contributed by atoms with van der Waals surface area (Å²) in [4.78, 5) is 17.1. The lowest BCUT2D eigenvalue weighted by molar-refractivity contribution is 0.0953. The zero-order valence-corrected chi connectivity index (χ0v) is 15.2. The third kappa shape index (κ3) is 4.54. The van der Waals surface area contributed by atoms with Crippen LogP contribution < -0.4 is 5.32 Å². The van der Waals surface area contributed by atoms with E-state index in [0.29, 0.717) is 6.54 Å². The van der Waals surface area contributed by atoms with Crippen molar-refractivity contribution in [2.24, 2.45) is 0 Å². The number of hydrogen-bond acceptors (Lipinski definition) is 3. The Labute approximate surface area is 152 Å². The molecule has 0 radical (unpaired) electrons. The van der Waals surface area contributed by atoms with Crippen LogP contribution in [0.15, 0.2) is 60.0 Å².